The molecule has 0 spiro atoms. The Morgan fingerprint density at radius 2 is 1.88 bits per heavy atom. The molecule has 1 heterocycles. The van der Waals surface area contributed by atoms with Gasteiger partial charge in [-0.3, -0.25) is 4.79 Å². The van der Waals surface area contributed by atoms with Crippen LogP contribution in [0.5, 0.6) is 0 Å². The molecule has 5 rings (SSSR count). The van der Waals surface area contributed by atoms with Crippen molar-refractivity contribution in [3.63, 3.8) is 0 Å². The topological polar surface area (TPSA) is 80.0 Å². The Kier molecular flexibility index (Phi) is 6.07. The fourth-order valence-corrected chi connectivity index (χ4v) is 6.40. The quantitative estimate of drug-likeness (QED) is 0.555. The van der Waals surface area contributed by atoms with Gasteiger partial charge in [-0.1, -0.05) is 31.5 Å². The van der Waals surface area contributed by atoms with Gasteiger partial charge in [-0.25, -0.2) is 0 Å². The Hall–Kier alpha value is -2.21. The van der Waals surface area contributed by atoms with Crippen LogP contribution in [-0.4, -0.2) is 31.4 Å². The van der Waals surface area contributed by atoms with Crippen molar-refractivity contribution in [3.05, 3.63) is 41.0 Å². The van der Waals surface area contributed by atoms with Gasteiger partial charge in [0, 0.05) is 23.6 Å². The SMILES string of the molecule is Cc1ccc(NC(=O)[C@H]2C[C@](C)(O)C[C@@H]2c2nnc([C@H]3C[C@@H](CC(C)C)C3)n2C2CC2)c(C)c1. The minimum absolute atomic E-state index is 0.0257. The third-order valence-electron chi connectivity index (χ3n) is 8.18. The third-order valence-corrected chi connectivity index (χ3v) is 8.18. The summed E-state index contributed by atoms with van der Waals surface area (Å²) in [5.41, 5.74) is 2.19. The minimum atomic E-state index is -0.881. The first-order chi connectivity index (χ1) is 16.1. The van der Waals surface area contributed by atoms with Gasteiger partial charge < -0.3 is 15.0 Å². The molecule has 184 valence electrons. The first kappa shape index (κ1) is 23.5. The number of aromatic nitrogens is 3. The summed E-state index contributed by atoms with van der Waals surface area (Å²) in [6, 6.07) is 6.53. The molecule has 1 aromatic heterocycles. The van der Waals surface area contributed by atoms with Crippen LogP contribution < -0.4 is 5.32 Å². The van der Waals surface area contributed by atoms with Crippen molar-refractivity contribution in [1.29, 1.82) is 0 Å². The molecule has 2 N–H and O–H groups in total. The summed E-state index contributed by atoms with van der Waals surface area (Å²) in [5, 5.41) is 23.6. The number of aryl methyl sites for hydroxylation is 2. The molecule has 0 aliphatic heterocycles. The number of nitrogens with zero attached hydrogens (tertiary/aromatic N) is 3. The predicted molar refractivity (Wildman–Crippen MR) is 134 cm³/mol. The predicted octanol–water partition coefficient (Wildman–Crippen LogP) is 5.65. The molecule has 0 saturated heterocycles. The molecule has 1 amide bonds. The van der Waals surface area contributed by atoms with Gasteiger partial charge in [0.05, 0.1) is 11.5 Å². The number of hydrogen-bond donors (Lipinski definition) is 2. The first-order valence-corrected chi connectivity index (χ1v) is 13.2. The van der Waals surface area contributed by atoms with Gasteiger partial charge in [0.1, 0.15) is 11.6 Å². The second-order valence-electron chi connectivity index (χ2n) is 12.1. The molecule has 0 bridgehead atoms. The first-order valence-electron chi connectivity index (χ1n) is 13.2. The lowest BCUT2D eigenvalue weighted by Crippen LogP contribution is -2.28. The summed E-state index contributed by atoms with van der Waals surface area (Å²) in [5.74, 6) is 3.59. The van der Waals surface area contributed by atoms with E-state index in [1.54, 1.807) is 0 Å². The van der Waals surface area contributed by atoms with E-state index in [9.17, 15) is 9.90 Å². The number of nitrogens with one attached hydrogen (secondary N) is 1. The van der Waals surface area contributed by atoms with Crippen LogP contribution in [0.25, 0.3) is 0 Å². The van der Waals surface area contributed by atoms with E-state index in [4.69, 9.17) is 10.2 Å². The van der Waals surface area contributed by atoms with E-state index in [-0.39, 0.29) is 17.7 Å². The zero-order valence-corrected chi connectivity index (χ0v) is 21.3. The lowest BCUT2D eigenvalue weighted by molar-refractivity contribution is -0.120. The van der Waals surface area contributed by atoms with Crippen LogP contribution in [0, 0.1) is 31.6 Å². The van der Waals surface area contributed by atoms with Crippen molar-refractivity contribution >= 4 is 11.6 Å². The van der Waals surface area contributed by atoms with Gasteiger partial charge in [-0.2, -0.15) is 0 Å². The molecule has 3 saturated carbocycles. The summed E-state index contributed by atoms with van der Waals surface area (Å²) in [6.45, 7) is 10.5. The van der Waals surface area contributed by atoms with E-state index in [0.717, 1.165) is 47.6 Å². The molecular formula is C28H40N4O2. The molecule has 6 nitrogen and oxygen atoms in total. The molecule has 3 aliphatic carbocycles. The van der Waals surface area contributed by atoms with E-state index in [1.165, 1.54) is 24.8 Å². The Morgan fingerprint density at radius 1 is 1.18 bits per heavy atom. The van der Waals surface area contributed by atoms with Gasteiger partial charge in [0.15, 0.2) is 0 Å². The van der Waals surface area contributed by atoms with E-state index in [2.05, 4.69) is 36.7 Å². The van der Waals surface area contributed by atoms with Gasteiger partial charge in [0.2, 0.25) is 5.91 Å². The Morgan fingerprint density at radius 3 is 2.53 bits per heavy atom. The highest BCUT2D eigenvalue weighted by atomic mass is 16.3. The largest absolute Gasteiger partial charge is 0.390 e. The fraction of sp³-hybridized carbons (Fsp3) is 0.679. The summed E-state index contributed by atoms with van der Waals surface area (Å²) < 4.78 is 2.37. The smallest absolute Gasteiger partial charge is 0.228 e. The summed E-state index contributed by atoms with van der Waals surface area (Å²) in [4.78, 5) is 13.5. The molecule has 6 heteroatoms. The monoisotopic (exact) mass is 464 g/mol. The molecule has 1 aromatic carbocycles. The molecule has 0 unspecified atom stereocenters. The van der Waals surface area contributed by atoms with Gasteiger partial charge >= 0.3 is 0 Å². The second kappa shape index (κ2) is 8.78. The molecular weight excluding hydrogens is 424 g/mol. The molecule has 2 aromatic rings. The van der Waals surface area contributed by atoms with Crippen molar-refractivity contribution in [2.24, 2.45) is 17.8 Å². The normalized spacial score (nSPS) is 31.0. The maximum Gasteiger partial charge on any atom is 0.228 e. The van der Waals surface area contributed by atoms with E-state index in [0.29, 0.717) is 24.8 Å². The average molecular weight is 465 g/mol. The van der Waals surface area contributed by atoms with Crippen molar-refractivity contribution in [1.82, 2.24) is 14.8 Å². The number of carbonyl (C=O) groups is 1. The van der Waals surface area contributed by atoms with Gasteiger partial charge in [0.25, 0.3) is 0 Å². The van der Waals surface area contributed by atoms with E-state index >= 15 is 0 Å². The van der Waals surface area contributed by atoms with Crippen LogP contribution in [0.15, 0.2) is 18.2 Å². The zero-order chi connectivity index (χ0) is 24.2. The highest BCUT2D eigenvalue weighted by Crippen LogP contribution is 2.51. The fourth-order valence-electron chi connectivity index (χ4n) is 6.40. The number of anilines is 1. The van der Waals surface area contributed by atoms with Crippen LogP contribution >= 0.6 is 0 Å². The maximum absolute atomic E-state index is 13.5. The van der Waals surface area contributed by atoms with E-state index < -0.39 is 5.60 Å². The Bertz CT molecular complexity index is 1060. The van der Waals surface area contributed by atoms with Crippen LogP contribution in [0.4, 0.5) is 5.69 Å². The van der Waals surface area contributed by atoms with Crippen molar-refractivity contribution in [2.75, 3.05) is 5.32 Å². The number of carbonyl (C=O) groups excluding carboxylic acids is 1. The summed E-state index contributed by atoms with van der Waals surface area (Å²) in [6.07, 6.45) is 6.98. The minimum Gasteiger partial charge on any atom is -0.390 e. The second-order valence-corrected chi connectivity index (χ2v) is 12.1. The average Bonchev–Trinajstić information content (AvgIpc) is 3.38. The summed E-state index contributed by atoms with van der Waals surface area (Å²) >= 11 is 0. The van der Waals surface area contributed by atoms with Crippen LogP contribution in [0.1, 0.15) is 106 Å². The van der Waals surface area contributed by atoms with Gasteiger partial charge in [-0.15, -0.1) is 10.2 Å². The lowest BCUT2D eigenvalue weighted by Gasteiger charge is -2.36. The number of benzene rings is 1. The molecule has 3 atom stereocenters. The summed E-state index contributed by atoms with van der Waals surface area (Å²) in [7, 11) is 0. The zero-order valence-electron chi connectivity index (χ0n) is 21.3. The number of amides is 1. The van der Waals surface area contributed by atoms with Crippen LogP contribution in [0.3, 0.4) is 0 Å². The molecule has 34 heavy (non-hydrogen) atoms. The maximum atomic E-state index is 13.5. The lowest BCUT2D eigenvalue weighted by atomic mass is 9.71. The van der Waals surface area contributed by atoms with Crippen LogP contribution in [-0.2, 0) is 4.79 Å². The Labute approximate surface area is 203 Å². The third kappa shape index (κ3) is 4.66. The standard InChI is InChI=1S/C28H40N4O2/c1-16(2)10-19-12-20(13-19)25-30-31-26(32(25)21-7-8-21)22-14-28(5,34)15-23(22)27(33)29-24-9-6-17(3)11-18(24)4/h6,9,11,16,19-23,34H,7-8,10,12-15H2,1-5H3,(H,29,33)/t19-,20+,22-,23-,28+/m0/s1. The molecule has 3 fully saturated rings. The van der Waals surface area contributed by atoms with Crippen molar-refractivity contribution in [2.45, 2.75) is 103 Å². The molecule has 3 aliphatic rings. The van der Waals surface area contributed by atoms with E-state index in [1.807, 2.05) is 26.0 Å². The van der Waals surface area contributed by atoms with Crippen molar-refractivity contribution in [3.8, 4) is 0 Å². The Balaban J connectivity index is 1.39. The molecule has 0 radical (unpaired) electrons. The highest BCUT2D eigenvalue weighted by molar-refractivity contribution is 5.94. The highest BCUT2D eigenvalue weighted by Gasteiger charge is 2.49. The number of hydrogen-bond acceptors (Lipinski definition) is 4. The van der Waals surface area contributed by atoms with Crippen LogP contribution in [0.2, 0.25) is 0 Å². The number of rotatable bonds is 7. The van der Waals surface area contributed by atoms with Gasteiger partial charge in [-0.05, 0) is 89.2 Å². The number of aliphatic hydroxyl groups is 1. The van der Waals surface area contributed by atoms with Crippen molar-refractivity contribution < 1.29 is 9.90 Å².